The number of nitrogens with zero attached hydrogens (tertiary/aromatic N) is 3. The molecule has 2 atom stereocenters. The van der Waals surface area contributed by atoms with Gasteiger partial charge in [0.2, 0.25) is 5.71 Å². The maximum absolute atomic E-state index is 6.54. The highest BCUT2D eigenvalue weighted by molar-refractivity contribution is 6.19. The minimum atomic E-state index is 0.0577. The Balaban J connectivity index is 1.39. The van der Waals surface area contributed by atoms with Crippen molar-refractivity contribution in [3.63, 3.8) is 0 Å². The summed E-state index contributed by atoms with van der Waals surface area (Å²) < 4.78 is 6.54. The lowest BCUT2D eigenvalue weighted by atomic mass is 9.78. The predicted molar refractivity (Wildman–Crippen MR) is 165 cm³/mol. The molecule has 4 nitrogen and oxygen atoms in total. The van der Waals surface area contributed by atoms with Crippen molar-refractivity contribution >= 4 is 33.5 Å². The fourth-order valence-corrected chi connectivity index (χ4v) is 6.29. The van der Waals surface area contributed by atoms with E-state index in [1.54, 1.807) is 0 Å². The number of hydrogen-bond donors (Lipinski definition) is 0. The molecule has 0 aliphatic carbocycles. The van der Waals surface area contributed by atoms with Crippen molar-refractivity contribution in [2.45, 2.75) is 31.2 Å². The van der Waals surface area contributed by atoms with Crippen LogP contribution >= 0.6 is 0 Å². The van der Waals surface area contributed by atoms with Crippen molar-refractivity contribution in [3.8, 4) is 11.3 Å². The van der Waals surface area contributed by atoms with Crippen molar-refractivity contribution in [2.75, 3.05) is 0 Å². The highest BCUT2D eigenvalue weighted by atomic mass is 16.3. The topological polar surface area (TPSA) is 50.8 Å². The molecule has 0 saturated carbocycles. The first kappa shape index (κ1) is 24.2. The predicted octanol–water partition coefficient (Wildman–Crippen LogP) is 8.61. The minimum Gasteiger partial charge on any atom is -0.437 e. The summed E-state index contributed by atoms with van der Waals surface area (Å²) >= 11 is 0. The van der Waals surface area contributed by atoms with Crippen molar-refractivity contribution in [1.29, 1.82) is 0 Å². The number of fused-ring (bicyclic) bond motifs is 8. The van der Waals surface area contributed by atoms with Crippen LogP contribution in [-0.2, 0) is 6.42 Å². The summed E-state index contributed by atoms with van der Waals surface area (Å²) in [5.41, 5.74) is 10.5. The lowest BCUT2D eigenvalue weighted by molar-refractivity contribution is 0.490. The SMILES string of the molecule is C=CC1=NC2CC(=C)N=C(C=C)c3c(ccc4c3oc3nc(-c5ccccc5)ccc34)CCC2c2ccccc21. The zero-order valence-electron chi connectivity index (χ0n) is 22.3. The van der Waals surface area contributed by atoms with E-state index in [-0.39, 0.29) is 12.0 Å². The summed E-state index contributed by atoms with van der Waals surface area (Å²) in [5, 5.41) is 2.02. The molecule has 40 heavy (non-hydrogen) atoms. The fraction of sp³-hybridized carbons (Fsp3) is 0.139. The molecule has 2 aliphatic rings. The normalized spacial score (nSPS) is 18.8. The molecule has 0 spiro atoms. The highest BCUT2D eigenvalue weighted by Crippen LogP contribution is 2.40. The van der Waals surface area contributed by atoms with Gasteiger partial charge in [-0.2, -0.15) is 0 Å². The van der Waals surface area contributed by atoms with Crippen LogP contribution in [0.2, 0.25) is 0 Å². The number of furan rings is 1. The van der Waals surface area contributed by atoms with Gasteiger partial charge < -0.3 is 4.42 Å². The number of aryl methyl sites for hydroxylation is 1. The number of benzene rings is 3. The second-order valence-corrected chi connectivity index (χ2v) is 10.5. The molecule has 2 aliphatic heterocycles. The largest absolute Gasteiger partial charge is 0.437 e. The third kappa shape index (κ3) is 3.95. The summed E-state index contributed by atoms with van der Waals surface area (Å²) in [6.45, 7) is 12.5. The fourth-order valence-electron chi connectivity index (χ4n) is 6.29. The first-order valence-electron chi connectivity index (χ1n) is 13.7. The van der Waals surface area contributed by atoms with E-state index in [0.29, 0.717) is 12.1 Å². The summed E-state index contributed by atoms with van der Waals surface area (Å²) in [6.07, 6.45) is 6.15. The third-order valence-corrected chi connectivity index (χ3v) is 8.16. The van der Waals surface area contributed by atoms with Crippen LogP contribution in [0.25, 0.3) is 33.3 Å². The molecule has 2 unspecified atom stereocenters. The van der Waals surface area contributed by atoms with Crippen LogP contribution in [-0.4, -0.2) is 22.4 Å². The third-order valence-electron chi connectivity index (χ3n) is 8.16. The van der Waals surface area contributed by atoms with E-state index in [4.69, 9.17) is 19.4 Å². The van der Waals surface area contributed by atoms with Gasteiger partial charge in [-0.1, -0.05) is 86.5 Å². The van der Waals surface area contributed by atoms with Crippen LogP contribution in [0.15, 0.2) is 131 Å². The van der Waals surface area contributed by atoms with Crippen LogP contribution < -0.4 is 0 Å². The monoisotopic (exact) mass is 519 g/mol. The van der Waals surface area contributed by atoms with Gasteiger partial charge in [0.05, 0.1) is 23.2 Å². The first-order valence-corrected chi connectivity index (χ1v) is 13.7. The maximum atomic E-state index is 6.54. The van der Waals surface area contributed by atoms with Gasteiger partial charge in [-0.15, -0.1) is 0 Å². The molecule has 2 aromatic heterocycles. The Morgan fingerprint density at radius 1 is 0.825 bits per heavy atom. The van der Waals surface area contributed by atoms with Crippen molar-refractivity contribution < 1.29 is 4.42 Å². The number of rotatable bonds is 3. The number of aliphatic imine (C=N–C) groups is 2. The summed E-state index contributed by atoms with van der Waals surface area (Å²) in [4.78, 5) is 15.0. The number of allylic oxidation sites excluding steroid dienone is 2. The molecule has 4 heteroatoms. The molecule has 0 amide bonds. The zero-order valence-corrected chi connectivity index (χ0v) is 22.3. The summed E-state index contributed by atoms with van der Waals surface area (Å²) in [5.74, 6) is 0.256. The van der Waals surface area contributed by atoms with E-state index < -0.39 is 0 Å². The standard InChI is InChI=1S/C36H29N3O/c1-4-30-26-14-10-9-13-25(26)27-17-15-24-16-18-28-29-19-20-32(23-11-7-6-8-12-23)39-36(29)40-35(28)34(24)31(5-2)37-22(3)21-33(27)38-30/h4-14,16,18-20,27,33H,1-3,15,17,21H2. The van der Waals surface area contributed by atoms with E-state index in [0.717, 1.165) is 63.1 Å². The molecular weight excluding hydrogens is 490 g/mol. The van der Waals surface area contributed by atoms with Crippen molar-refractivity contribution in [2.24, 2.45) is 9.98 Å². The van der Waals surface area contributed by atoms with E-state index in [1.807, 2.05) is 30.4 Å². The average Bonchev–Trinajstić information content (AvgIpc) is 3.37. The van der Waals surface area contributed by atoms with E-state index in [1.165, 1.54) is 16.7 Å². The summed E-state index contributed by atoms with van der Waals surface area (Å²) in [6, 6.07) is 27.3. The molecular formula is C36H29N3O. The quantitative estimate of drug-likeness (QED) is 0.240. The van der Waals surface area contributed by atoms with Gasteiger partial charge in [0.25, 0.3) is 0 Å². The lowest BCUT2D eigenvalue weighted by Gasteiger charge is -2.32. The Kier molecular flexibility index (Phi) is 5.89. The van der Waals surface area contributed by atoms with Gasteiger partial charge in [-0.3, -0.25) is 9.98 Å². The zero-order chi connectivity index (χ0) is 27.2. The maximum Gasteiger partial charge on any atom is 0.227 e. The Morgan fingerprint density at radius 3 is 2.42 bits per heavy atom. The van der Waals surface area contributed by atoms with Gasteiger partial charge in [0, 0.05) is 45.5 Å². The molecule has 0 fully saturated rings. The van der Waals surface area contributed by atoms with E-state index in [9.17, 15) is 0 Å². The van der Waals surface area contributed by atoms with Gasteiger partial charge in [-0.05, 0) is 48.3 Å². The second kappa shape index (κ2) is 9.73. The number of aromatic nitrogens is 1. The van der Waals surface area contributed by atoms with Crippen LogP contribution in [0.3, 0.4) is 0 Å². The first-order chi connectivity index (χ1) is 19.6. The van der Waals surface area contributed by atoms with E-state index >= 15 is 0 Å². The Labute approximate surface area is 233 Å². The molecule has 0 N–H and O–H groups in total. The van der Waals surface area contributed by atoms with Crippen LogP contribution in [0.5, 0.6) is 0 Å². The Hall–Kier alpha value is -4.83. The molecule has 0 saturated heterocycles. The number of pyridine rings is 1. The van der Waals surface area contributed by atoms with Gasteiger partial charge in [0.1, 0.15) is 5.58 Å². The van der Waals surface area contributed by atoms with Crippen LogP contribution in [0, 0.1) is 0 Å². The second-order valence-electron chi connectivity index (χ2n) is 10.5. The highest BCUT2D eigenvalue weighted by Gasteiger charge is 2.32. The minimum absolute atomic E-state index is 0.0577. The summed E-state index contributed by atoms with van der Waals surface area (Å²) in [7, 11) is 0. The number of hydrogen-bond acceptors (Lipinski definition) is 4. The van der Waals surface area contributed by atoms with Gasteiger partial charge in [0.15, 0.2) is 0 Å². The smallest absolute Gasteiger partial charge is 0.227 e. The van der Waals surface area contributed by atoms with E-state index in [2.05, 4.69) is 80.4 Å². The molecule has 7 rings (SSSR count). The van der Waals surface area contributed by atoms with Gasteiger partial charge >= 0.3 is 0 Å². The average molecular weight is 520 g/mol. The Bertz CT molecular complexity index is 1890. The molecule has 0 bridgehead atoms. The van der Waals surface area contributed by atoms with Gasteiger partial charge in [-0.25, -0.2) is 4.98 Å². The molecule has 0 radical (unpaired) electrons. The Morgan fingerprint density at radius 2 is 1.60 bits per heavy atom. The van der Waals surface area contributed by atoms with Crippen molar-refractivity contribution in [1.82, 2.24) is 4.98 Å². The molecule has 194 valence electrons. The molecule has 3 aromatic carbocycles. The molecule has 5 aromatic rings. The van der Waals surface area contributed by atoms with Crippen molar-refractivity contribution in [3.05, 3.63) is 139 Å². The van der Waals surface area contributed by atoms with Crippen LogP contribution in [0.1, 0.15) is 41.0 Å². The molecule has 4 heterocycles. The lowest BCUT2D eigenvalue weighted by Crippen LogP contribution is -2.27. The van der Waals surface area contributed by atoms with Crippen LogP contribution in [0.4, 0.5) is 0 Å².